The van der Waals surface area contributed by atoms with Crippen molar-refractivity contribution in [1.82, 2.24) is 20.3 Å². The molecule has 0 saturated heterocycles. The lowest BCUT2D eigenvalue weighted by molar-refractivity contribution is -0.151. The monoisotopic (exact) mass is 484 g/mol. The first kappa shape index (κ1) is 24.9. The molecule has 1 amide bonds. The van der Waals surface area contributed by atoms with Crippen LogP contribution in [0.2, 0.25) is 0 Å². The molecule has 4 fully saturated rings. The molecule has 35 heavy (non-hydrogen) atoms. The molecule has 4 aliphatic carbocycles. The van der Waals surface area contributed by atoms with Crippen molar-refractivity contribution in [2.45, 2.75) is 104 Å². The van der Waals surface area contributed by atoms with E-state index >= 15 is 0 Å². The van der Waals surface area contributed by atoms with Gasteiger partial charge in [0.1, 0.15) is 6.54 Å². The van der Waals surface area contributed by atoms with Crippen molar-refractivity contribution in [3.8, 4) is 0 Å². The number of carbonyl (C=O) groups is 2. The van der Waals surface area contributed by atoms with Crippen molar-refractivity contribution in [2.75, 3.05) is 6.54 Å². The van der Waals surface area contributed by atoms with Crippen LogP contribution < -0.4 is 5.32 Å². The summed E-state index contributed by atoms with van der Waals surface area (Å²) in [7, 11) is 0. The number of nitrogens with zero attached hydrogens (tertiary/aromatic N) is 3. The Hall–Kier alpha value is -1.76. The second kappa shape index (κ2) is 8.97. The Bertz CT molecular complexity index is 973. The number of aliphatic hydroxyl groups is 1. The van der Waals surface area contributed by atoms with Gasteiger partial charge in [-0.15, -0.1) is 5.10 Å². The highest BCUT2D eigenvalue weighted by Gasteiger charge is 2.61. The predicted octanol–water partition coefficient (Wildman–Crippen LogP) is 4.40. The number of hydrogen-bond donors (Lipinski definition) is 2. The quantitative estimate of drug-likeness (QED) is 0.624. The zero-order valence-electron chi connectivity index (χ0n) is 22.1. The average Bonchev–Trinajstić information content (AvgIpc) is 3.42. The van der Waals surface area contributed by atoms with E-state index in [1.807, 2.05) is 13.8 Å². The van der Waals surface area contributed by atoms with Crippen molar-refractivity contribution in [2.24, 2.45) is 40.4 Å². The second-order valence-corrected chi connectivity index (χ2v) is 13.0. The first-order valence-corrected chi connectivity index (χ1v) is 14.0. The van der Waals surface area contributed by atoms with E-state index in [4.69, 9.17) is 0 Å². The van der Waals surface area contributed by atoms with E-state index in [1.54, 1.807) is 0 Å². The molecule has 194 valence electrons. The van der Waals surface area contributed by atoms with Gasteiger partial charge < -0.3 is 10.4 Å². The maximum atomic E-state index is 13.5. The van der Waals surface area contributed by atoms with Gasteiger partial charge in [-0.25, -0.2) is 0 Å². The zero-order valence-corrected chi connectivity index (χ0v) is 22.1. The smallest absolute Gasteiger partial charge is 0.273 e. The molecule has 0 bridgehead atoms. The molecule has 1 heterocycles. The molecule has 0 aromatic carbocycles. The summed E-state index contributed by atoms with van der Waals surface area (Å²) in [6.45, 7) is 9.68. The number of hydrogen-bond acceptors (Lipinski definition) is 5. The number of nitrogens with one attached hydrogen (secondary N) is 1. The van der Waals surface area contributed by atoms with Gasteiger partial charge in [-0.1, -0.05) is 20.8 Å². The Morgan fingerprint density at radius 3 is 2.60 bits per heavy atom. The van der Waals surface area contributed by atoms with E-state index in [9.17, 15) is 14.7 Å². The summed E-state index contributed by atoms with van der Waals surface area (Å²) in [5.74, 6) is 2.70. The van der Waals surface area contributed by atoms with Crippen LogP contribution in [0.1, 0.15) is 102 Å². The van der Waals surface area contributed by atoms with E-state index in [-0.39, 0.29) is 35.3 Å². The summed E-state index contributed by atoms with van der Waals surface area (Å²) in [6.07, 6.45) is 12.2. The molecule has 1 aromatic rings. The van der Waals surface area contributed by atoms with Crippen LogP contribution in [0.25, 0.3) is 0 Å². The molecule has 7 nitrogen and oxygen atoms in total. The molecule has 4 aliphatic rings. The first-order valence-electron chi connectivity index (χ1n) is 14.0. The minimum Gasteiger partial charge on any atom is -0.390 e. The Morgan fingerprint density at radius 2 is 1.83 bits per heavy atom. The summed E-state index contributed by atoms with van der Waals surface area (Å²) in [4.78, 5) is 27.1. The number of carbonyl (C=O) groups excluding carboxylic acids is 2. The lowest BCUT2D eigenvalue weighted by Gasteiger charge is -2.61. The van der Waals surface area contributed by atoms with Crippen LogP contribution in [0.3, 0.4) is 0 Å². The van der Waals surface area contributed by atoms with Crippen LogP contribution in [0.4, 0.5) is 0 Å². The fourth-order valence-corrected chi connectivity index (χ4v) is 9.02. The number of Topliss-reactive ketones (excluding diaryl/α,β-unsaturated/α-hetero) is 1. The summed E-state index contributed by atoms with van der Waals surface area (Å²) >= 11 is 0. The Balaban J connectivity index is 1.27. The van der Waals surface area contributed by atoms with Gasteiger partial charge >= 0.3 is 0 Å². The maximum Gasteiger partial charge on any atom is 0.273 e. The molecule has 1 aromatic heterocycles. The van der Waals surface area contributed by atoms with E-state index in [1.165, 1.54) is 30.3 Å². The topological polar surface area (TPSA) is 97.1 Å². The summed E-state index contributed by atoms with van der Waals surface area (Å²) in [5.41, 5.74) is 0.166. The largest absolute Gasteiger partial charge is 0.390 e. The molecule has 0 aliphatic heterocycles. The van der Waals surface area contributed by atoms with Crippen molar-refractivity contribution >= 4 is 11.7 Å². The fourth-order valence-electron chi connectivity index (χ4n) is 9.02. The lowest BCUT2D eigenvalue weighted by Crippen LogP contribution is -2.55. The molecule has 5 rings (SSSR count). The fraction of sp³-hybridized carbons (Fsp3) is 0.857. The van der Waals surface area contributed by atoms with Gasteiger partial charge in [0, 0.05) is 12.5 Å². The minimum absolute atomic E-state index is 0.0504. The third-order valence-electron chi connectivity index (χ3n) is 10.9. The van der Waals surface area contributed by atoms with Gasteiger partial charge in [0.2, 0.25) is 0 Å². The van der Waals surface area contributed by atoms with Crippen LogP contribution in [-0.4, -0.2) is 43.9 Å². The Labute approximate surface area is 209 Å². The SMILES string of the molecule is CCCNC(=O)c1cnn(CC(=O)[C@H]2CC[C@H]3C4CCC5C[C@](C)(O)CC[C@]5(C)[C@H]4CC[C@]23C)n1. The molecule has 0 spiro atoms. The molecule has 8 atom stereocenters. The molecular formula is C28H44N4O3. The van der Waals surface area contributed by atoms with Gasteiger partial charge in [0.05, 0.1) is 11.8 Å². The van der Waals surface area contributed by atoms with Crippen LogP contribution in [-0.2, 0) is 11.3 Å². The number of amides is 1. The summed E-state index contributed by atoms with van der Waals surface area (Å²) < 4.78 is 0. The maximum absolute atomic E-state index is 13.5. The number of aromatic nitrogens is 3. The highest BCUT2D eigenvalue weighted by molar-refractivity contribution is 5.91. The molecule has 2 unspecified atom stereocenters. The van der Waals surface area contributed by atoms with Crippen molar-refractivity contribution in [1.29, 1.82) is 0 Å². The second-order valence-electron chi connectivity index (χ2n) is 13.0. The highest BCUT2D eigenvalue weighted by Crippen LogP contribution is 2.68. The number of ketones is 1. The molecular weight excluding hydrogens is 440 g/mol. The third kappa shape index (κ3) is 4.25. The minimum atomic E-state index is -0.498. The van der Waals surface area contributed by atoms with Crippen LogP contribution in [0, 0.1) is 40.4 Å². The van der Waals surface area contributed by atoms with Gasteiger partial charge in [-0.3, -0.25) is 9.59 Å². The predicted molar refractivity (Wildman–Crippen MR) is 133 cm³/mol. The van der Waals surface area contributed by atoms with Gasteiger partial charge in [-0.2, -0.15) is 9.90 Å². The zero-order chi connectivity index (χ0) is 25.0. The summed E-state index contributed by atoms with van der Waals surface area (Å²) in [5, 5.41) is 22.0. The molecule has 7 heteroatoms. The van der Waals surface area contributed by atoms with Crippen LogP contribution >= 0.6 is 0 Å². The molecule has 0 radical (unpaired) electrons. The van der Waals surface area contributed by atoms with Crippen molar-refractivity contribution < 1.29 is 14.7 Å². The van der Waals surface area contributed by atoms with Gasteiger partial charge in [0.25, 0.3) is 5.91 Å². The normalized spacial score (nSPS) is 42.6. The van der Waals surface area contributed by atoms with E-state index < -0.39 is 5.60 Å². The number of rotatable bonds is 6. The molecule has 4 saturated carbocycles. The van der Waals surface area contributed by atoms with Crippen LogP contribution in [0.15, 0.2) is 6.20 Å². The van der Waals surface area contributed by atoms with E-state index in [0.717, 1.165) is 50.9 Å². The van der Waals surface area contributed by atoms with Gasteiger partial charge in [-0.05, 0) is 106 Å². The van der Waals surface area contributed by atoms with Crippen molar-refractivity contribution in [3.63, 3.8) is 0 Å². The van der Waals surface area contributed by atoms with Gasteiger partial charge in [0.15, 0.2) is 11.5 Å². The van der Waals surface area contributed by atoms with E-state index in [0.29, 0.717) is 29.7 Å². The summed E-state index contributed by atoms with van der Waals surface area (Å²) in [6, 6.07) is 0. The Kier molecular flexibility index (Phi) is 6.38. The molecule has 2 N–H and O–H groups in total. The lowest BCUT2D eigenvalue weighted by atomic mass is 9.44. The third-order valence-corrected chi connectivity index (χ3v) is 10.9. The standard InChI is InChI=1S/C28H44N4O3/c1-5-14-29-25(34)23-16-30-32(31-23)17-24(33)22-9-8-20-19-7-6-18-15-26(2,35)12-13-27(18,3)21(19)10-11-28(20,22)4/h16,18-22,35H,5-15,17H2,1-4H3,(H,29,34)/t18?,19?,20-,21-,22+,26+,27-,28-/m0/s1. The van der Waals surface area contributed by atoms with Crippen molar-refractivity contribution in [3.05, 3.63) is 11.9 Å². The average molecular weight is 485 g/mol. The van der Waals surface area contributed by atoms with E-state index in [2.05, 4.69) is 29.4 Å². The number of fused-ring (bicyclic) bond motifs is 5. The highest BCUT2D eigenvalue weighted by atomic mass is 16.3. The van der Waals surface area contributed by atoms with Crippen LogP contribution in [0.5, 0.6) is 0 Å². The Morgan fingerprint density at radius 1 is 1.06 bits per heavy atom. The first-order chi connectivity index (χ1) is 16.6.